The maximum absolute atomic E-state index is 15.8. The van der Waals surface area contributed by atoms with E-state index in [9.17, 15) is 31.9 Å². The van der Waals surface area contributed by atoms with Crippen molar-refractivity contribution in [1.29, 1.82) is 0 Å². The molecule has 42 heavy (non-hydrogen) atoms. The number of halogens is 6. The van der Waals surface area contributed by atoms with Gasteiger partial charge >= 0.3 is 6.18 Å². The number of fused-ring (bicyclic) bond motifs is 3. The number of carbonyl (C=O) groups is 3. The average Bonchev–Trinajstić information content (AvgIpc) is 3.58. The first kappa shape index (κ1) is 27.6. The van der Waals surface area contributed by atoms with Crippen LogP contribution >= 0.6 is 11.6 Å². The Labute approximate surface area is 238 Å². The third kappa shape index (κ3) is 4.25. The Kier molecular flexibility index (Phi) is 6.23. The minimum absolute atomic E-state index is 0.0160. The number of nitrogens with one attached hydrogen (secondary N) is 1. The fourth-order valence-corrected chi connectivity index (χ4v) is 5.96. The van der Waals surface area contributed by atoms with E-state index in [1.807, 2.05) is 0 Å². The van der Waals surface area contributed by atoms with Crippen molar-refractivity contribution in [3.05, 3.63) is 92.6 Å². The lowest BCUT2D eigenvalue weighted by atomic mass is 9.85. The first-order chi connectivity index (χ1) is 19.8. The molecule has 0 spiro atoms. The van der Waals surface area contributed by atoms with E-state index in [0.717, 1.165) is 12.1 Å². The summed E-state index contributed by atoms with van der Waals surface area (Å²) in [6.07, 6.45) is -2.98. The van der Waals surface area contributed by atoms with Crippen molar-refractivity contribution in [2.24, 2.45) is 12.8 Å². The number of carbonyl (C=O) groups excluding carboxylic acids is 3. The third-order valence-electron chi connectivity index (χ3n) is 7.46. The molecule has 6 rings (SSSR count). The number of hydrogen-bond acceptors (Lipinski definition) is 4. The summed E-state index contributed by atoms with van der Waals surface area (Å²) in [7, 11) is 1.58. The number of ketones is 1. The van der Waals surface area contributed by atoms with Crippen molar-refractivity contribution in [2.45, 2.75) is 25.1 Å². The predicted molar refractivity (Wildman–Crippen MR) is 143 cm³/mol. The summed E-state index contributed by atoms with van der Waals surface area (Å²) in [5.41, 5.74) is 3.68. The number of amides is 2. The molecule has 2 amide bonds. The fraction of sp³-hybridized carbons (Fsp3) is 0.172. The van der Waals surface area contributed by atoms with Crippen molar-refractivity contribution in [3.63, 3.8) is 0 Å². The fourth-order valence-electron chi connectivity index (χ4n) is 5.73. The summed E-state index contributed by atoms with van der Waals surface area (Å²) < 4.78 is 72.3. The molecule has 1 aromatic heterocycles. The van der Waals surface area contributed by atoms with Crippen LogP contribution in [0.25, 0.3) is 27.6 Å². The number of nitrogens with zero attached hydrogens (tertiary/aromatic N) is 2. The maximum atomic E-state index is 15.8. The van der Waals surface area contributed by atoms with Gasteiger partial charge in [0.2, 0.25) is 5.91 Å². The molecule has 7 nitrogen and oxygen atoms in total. The normalized spacial score (nSPS) is 16.6. The molecular weight excluding hydrogens is 583 g/mol. The van der Waals surface area contributed by atoms with E-state index >= 15 is 4.39 Å². The highest BCUT2D eigenvalue weighted by Gasteiger charge is 2.40. The monoisotopic (exact) mass is 600 g/mol. The molecule has 13 heteroatoms. The van der Waals surface area contributed by atoms with Gasteiger partial charge in [0.15, 0.2) is 5.78 Å². The number of rotatable bonds is 4. The van der Waals surface area contributed by atoms with Gasteiger partial charge in [-0.05, 0) is 60.0 Å². The van der Waals surface area contributed by atoms with E-state index in [0.29, 0.717) is 23.8 Å². The smallest absolute Gasteiger partial charge is 0.366 e. The van der Waals surface area contributed by atoms with E-state index < -0.39 is 52.4 Å². The summed E-state index contributed by atoms with van der Waals surface area (Å²) in [4.78, 5) is 38.1. The lowest BCUT2D eigenvalue weighted by Crippen LogP contribution is -2.21. The molecule has 0 saturated carbocycles. The lowest BCUT2D eigenvalue weighted by molar-refractivity contribution is -0.137. The second-order valence-corrected chi connectivity index (χ2v) is 10.4. The molecule has 2 heterocycles. The second kappa shape index (κ2) is 9.48. The Bertz CT molecular complexity index is 1930. The van der Waals surface area contributed by atoms with Crippen LogP contribution in [0.1, 0.15) is 62.0 Å². The Hall–Kier alpha value is -4.58. The first-order valence-electron chi connectivity index (χ1n) is 12.5. The van der Waals surface area contributed by atoms with E-state index in [1.165, 1.54) is 22.9 Å². The Morgan fingerprint density at radius 3 is 2.48 bits per heavy atom. The molecule has 1 aliphatic carbocycles. The minimum Gasteiger partial charge on any atom is -0.366 e. The van der Waals surface area contributed by atoms with E-state index in [1.54, 1.807) is 7.05 Å². The van der Waals surface area contributed by atoms with Crippen LogP contribution < -0.4 is 11.1 Å². The number of benzene rings is 3. The van der Waals surface area contributed by atoms with Crippen LogP contribution in [0.2, 0.25) is 5.02 Å². The van der Waals surface area contributed by atoms with E-state index in [4.69, 9.17) is 17.3 Å². The molecule has 3 aromatic carbocycles. The molecule has 2 aliphatic rings. The predicted octanol–water partition coefficient (Wildman–Crippen LogP) is 5.87. The summed E-state index contributed by atoms with van der Waals surface area (Å²) in [5.74, 6) is -4.31. The van der Waals surface area contributed by atoms with Gasteiger partial charge in [-0.2, -0.15) is 18.3 Å². The zero-order valence-corrected chi connectivity index (χ0v) is 22.3. The molecule has 1 unspecified atom stereocenters. The number of nitrogens with two attached hydrogens (primary N) is 1. The molecule has 1 aliphatic heterocycles. The number of primary amides is 1. The van der Waals surface area contributed by atoms with Crippen LogP contribution in [0.15, 0.2) is 42.5 Å². The Morgan fingerprint density at radius 1 is 1.10 bits per heavy atom. The van der Waals surface area contributed by atoms with Gasteiger partial charge in [-0.1, -0.05) is 11.6 Å². The Balaban J connectivity index is 1.76. The summed E-state index contributed by atoms with van der Waals surface area (Å²) in [6.45, 7) is 0. The molecule has 1 atom stereocenters. The van der Waals surface area contributed by atoms with Gasteiger partial charge in [0, 0.05) is 40.6 Å². The summed E-state index contributed by atoms with van der Waals surface area (Å²) in [6, 6.07) is 4.27. The highest BCUT2D eigenvalue weighted by Crippen LogP contribution is 2.47. The van der Waals surface area contributed by atoms with E-state index in [2.05, 4.69) is 10.4 Å². The molecule has 0 radical (unpaired) electrons. The maximum Gasteiger partial charge on any atom is 0.416 e. The van der Waals surface area contributed by atoms with Crippen molar-refractivity contribution in [2.75, 3.05) is 0 Å². The number of allylic oxidation sites excluding steroid dienone is 2. The number of aryl methyl sites for hydroxylation is 1. The van der Waals surface area contributed by atoms with Gasteiger partial charge in [0.05, 0.1) is 28.4 Å². The molecule has 214 valence electrons. The van der Waals surface area contributed by atoms with Crippen LogP contribution in [0.3, 0.4) is 0 Å². The van der Waals surface area contributed by atoms with Gasteiger partial charge in [-0.15, -0.1) is 0 Å². The molecule has 3 N–H and O–H groups in total. The summed E-state index contributed by atoms with van der Waals surface area (Å²) >= 11 is 6.37. The van der Waals surface area contributed by atoms with Gasteiger partial charge in [-0.3, -0.25) is 19.1 Å². The van der Waals surface area contributed by atoms with Crippen LogP contribution in [0.4, 0.5) is 22.0 Å². The average molecular weight is 601 g/mol. The SMILES string of the molecule is Cn1nc2c3c(c(-c4c(F)cc(C(F)(F)F)cc4C(N)=O)cc2c1C1=CC(=O)CC1)C(c1cc(F)ccc1Cl)NC3=O. The molecule has 0 bridgehead atoms. The quantitative estimate of drug-likeness (QED) is 0.286. The van der Waals surface area contributed by atoms with Crippen molar-refractivity contribution < 1.29 is 36.3 Å². The minimum atomic E-state index is -5.00. The molecular formula is C29H18ClF5N4O3. The van der Waals surface area contributed by atoms with Gasteiger partial charge in [0.1, 0.15) is 17.2 Å². The van der Waals surface area contributed by atoms with Gasteiger partial charge < -0.3 is 11.1 Å². The molecule has 4 aromatic rings. The van der Waals surface area contributed by atoms with Crippen LogP contribution in [-0.2, 0) is 18.0 Å². The van der Waals surface area contributed by atoms with Crippen molar-refractivity contribution in [3.8, 4) is 11.1 Å². The first-order valence-corrected chi connectivity index (χ1v) is 12.9. The Morgan fingerprint density at radius 2 is 1.83 bits per heavy atom. The zero-order valence-electron chi connectivity index (χ0n) is 21.5. The zero-order chi connectivity index (χ0) is 30.2. The topological polar surface area (TPSA) is 107 Å². The standard InChI is InChI=1S/C29H18ClF5N4O3/c1-39-26(11-2-4-14(40)6-11)18-10-16(21-17(27(36)41)7-12(8-20(21)32)29(33,34)35)22-23(25(18)38-39)28(42)37-24(22)15-9-13(31)3-5-19(15)30/h3,5-10,24H,2,4H2,1H3,(H2,36,41)(H,37,42). The number of alkyl halides is 3. The number of aromatic nitrogens is 2. The van der Waals surface area contributed by atoms with Crippen LogP contribution in [0, 0.1) is 11.6 Å². The molecule has 0 saturated heterocycles. The highest BCUT2D eigenvalue weighted by atomic mass is 35.5. The van der Waals surface area contributed by atoms with Gasteiger partial charge in [0.25, 0.3) is 5.91 Å². The van der Waals surface area contributed by atoms with Gasteiger partial charge in [-0.25, -0.2) is 8.78 Å². The van der Waals surface area contributed by atoms with E-state index in [-0.39, 0.29) is 56.4 Å². The second-order valence-electron chi connectivity index (χ2n) is 10.0. The summed E-state index contributed by atoms with van der Waals surface area (Å²) in [5, 5.41) is 7.51. The largest absolute Gasteiger partial charge is 0.416 e. The highest BCUT2D eigenvalue weighted by molar-refractivity contribution is 6.31. The third-order valence-corrected chi connectivity index (χ3v) is 7.81. The number of hydrogen-bond donors (Lipinski definition) is 2. The van der Waals surface area contributed by atoms with Crippen LogP contribution in [-0.4, -0.2) is 27.4 Å². The van der Waals surface area contributed by atoms with Crippen molar-refractivity contribution >= 4 is 45.7 Å². The van der Waals surface area contributed by atoms with Crippen LogP contribution in [0.5, 0.6) is 0 Å². The molecule has 0 fully saturated rings. The lowest BCUT2D eigenvalue weighted by Gasteiger charge is -2.20. The van der Waals surface area contributed by atoms with Crippen molar-refractivity contribution in [1.82, 2.24) is 15.1 Å².